The number of methoxy groups -OCH3 is 1. The second kappa shape index (κ2) is 13.0. The number of piperidine rings is 1. The summed E-state index contributed by atoms with van der Waals surface area (Å²) in [5.41, 5.74) is 0.660. The van der Waals surface area contributed by atoms with E-state index in [0.717, 1.165) is 38.0 Å². The highest BCUT2D eigenvalue weighted by molar-refractivity contribution is 7.92. The Labute approximate surface area is 245 Å². The Bertz CT molecular complexity index is 1640. The summed E-state index contributed by atoms with van der Waals surface area (Å²) in [6, 6.07) is 9.05. The fraction of sp³-hybridized carbons (Fsp3) is 0.400. The van der Waals surface area contributed by atoms with Crippen molar-refractivity contribution in [1.29, 1.82) is 0 Å². The monoisotopic (exact) mass is 597 g/mol. The molecule has 0 saturated carbocycles. The highest BCUT2D eigenvalue weighted by Crippen LogP contribution is 2.38. The average molecular weight is 598 g/mol. The van der Waals surface area contributed by atoms with Crippen molar-refractivity contribution >= 4 is 26.6 Å². The number of aryl methyl sites for hydroxylation is 1. The van der Waals surface area contributed by atoms with E-state index in [-0.39, 0.29) is 16.3 Å². The van der Waals surface area contributed by atoms with E-state index in [0.29, 0.717) is 41.3 Å². The summed E-state index contributed by atoms with van der Waals surface area (Å²) in [6.07, 6.45) is 7.67. The van der Waals surface area contributed by atoms with Gasteiger partial charge in [0.25, 0.3) is 10.0 Å². The Morgan fingerprint density at radius 2 is 1.98 bits per heavy atom. The van der Waals surface area contributed by atoms with Crippen LogP contribution in [0.3, 0.4) is 0 Å². The molecule has 0 amide bonds. The van der Waals surface area contributed by atoms with Gasteiger partial charge < -0.3 is 19.1 Å². The molecule has 2 aromatic carbocycles. The molecule has 10 nitrogen and oxygen atoms in total. The van der Waals surface area contributed by atoms with Crippen LogP contribution in [0.15, 0.2) is 59.9 Å². The first kappa shape index (κ1) is 29.6. The van der Waals surface area contributed by atoms with Crippen LogP contribution in [0.25, 0.3) is 10.9 Å². The van der Waals surface area contributed by atoms with Gasteiger partial charge in [0.1, 0.15) is 10.6 Å². The minimum absolute atomic E-state index is 0.0118. The van der Waals surface area contributed by atoms with E-state index in [1.807, 2.05) is 6.92 Å². The lowest BCUT2D eigenvalue weighted by Crippen LogP contribution is -2.35. The van der Waals surface area contributed by atoms with E-state index in [2.05, 4.69) is 26.6 Å². The van der Waals surface area contributed by atoms with Crippen molar-refractivity contribution in [2.24, 2.45) is 5.92 Å². The van der Waals surface area contributed by atoms with Crippen molar-refractivity contribution in [3.05, 3.63) is 60.8 Å². The Hall–Kier alpha value is -3.90. The lowest BCUT2D eigenvalue weighted by atomic mass is 10.0. The third-order valence-electron chi connectivity index (χ3n) is 7.25. The first-order valence-electron chi connectivity index (χ1n) is 14.1. The molecule has 1 atom stereocenters. The van der Waals surface area contributed by atoms with Crippen LogP contribution in [0.4, 0.5) is 10.1 Å². The molecule has 1 N–H and O–H groups in total. The third-order valence-corrected chi connectivity index (χ3v) is 8.59. The van der Waals surface area contributed by atoms with Gasteiger partial charge in [-0.3, -0.25) is 14.4 Å². The van der Waals surface area contributed by atoms with E-state index >= 15 is 4.39 Å². The van der Waals surface area contributed by atoms with E-state index < -0.39 is 15.8 Å². The number of fused-ring (bicyclic) bond motifs is 1. The van der Waals surface area contributed by atoms with Crippen LogP contribution in [0.2, 0.25) is 0 Å². The minimum Gasteiger partial charge on any atom is -0.493 e. The number of benzene rings is 2. The molecule has 0 radical (unpaired) electrons. The van der Waals surface area contributed by atoms with Crippen molar-refractivity contribution in [2.45, 2.75) is 44.6 Å². The molecule has 1 aliphatic heterocycles. The van der Waals surface area contributed by atoms with Crippen LogP contribution in [0.5, 0.6) is 23.0 Å². The number of nitrogens with one attached hydrogen (secondary N) is 1. The summed E-state index contributed by atoms with van der Waals surface area (Å²) in [4.78, 5) is 6.92. The Kier molecular flexibility index (Phi) is 9.12. The molecule has 1 saturated heterocycles. The number of halogens is 1. The zero-order valence-corrected chi connectivity index (χ0v) is 24.9. The van der Waals surface area contributed by atoms with Crippen LogP contribution in [-0.4, -0.2) is 61.4 Å². The van der Waals surface area contributed by atoms with Crippen LogP contribution in [0.1, 0.15) is 33.1 Å². The Morgan fingerprint density at radius 1 is 1.12 bits per heavy atom. The molecule has 42 heavy (non-hydrogen) atoms. The molecule has 1 fully saturated rings. The van der Waals surface area contributed by atoms with Crippen molar-refractivity contribution in [3.8, 4) is 23.0 Å². The first-order chi connectivity index (χ1) is 20.3. The molecule has 224 valence electrons. The summed E-state index contributed by atoms with van der Waals surface area (Å²) in [6.45, 7) is 8.48. The summed E-state index contributed by atoms with van der Waals surface area (Å²) in [5, 5.41) is 4.59. The number of nitrogens with zero attached hydrogens (tertiary/aromatic N) is 4. The summed E-state index contributed by atoms with van der Waals surface area (Å²) in [7, 11) is -2.36. The molecule has 2 aromatic heterocycles. The SMILES string of the molecule is CCn1cc(S(=O)(=O)Nc2ccc(Oc3ccnc4cc(OCCCN5CCCC(C)C5)c(OC)cc34)c(F)c2)cn1. The minimum atomic E-state index is -3.93. The van der Waals surface area contributed by atoms with E-state index in [4.69, 9.17) is 14.2 Å². The van der Waals surface area contributed by atoms with E-state index in [9.17, 15) is 8.42 Å². The molecule has 4 aromatic rings. The largest absolute Gasteiger partial charge is 0.493 e. The van der Waals surface area contributed by atoms with Crippen molar-refractivity contribution in [1.82, 2.24) is 19.7 Å². The van der Waals surface area contributed by atoms with Crippen LogP contribution < -0.4 is 18.9 Å². The quantitative estimate of drug-likeness (QED) is 0.208. The maximum absolute atomic E-state index is 15.1. The van der Waals surface area contributed by atoms with Crippen LogP contribution in [0, 0.1) is 11.7 Å². The van der Waals surface area contributed by atoms with Crippen LogP contribution >= 0.6 is 0 Å². The summed E-state index contributed by atoms with van der Waals surface area (Å²) < 4.78 is 61.9. The molecule has 1 aliphatic rings. The number of aromatic nitrogens is 3. The summed E-state index contributed by atoms with van der Waals surface area (Å²) in [5.74, 6) is 1.39. The topological polar surface area (TPSA) is 108 Å². The summed E-state index contributed by atoms with van der Waals surface area (Å²) >= 11 is 0. The van der Waals surface area contributed by atoms with Crippen molar-refractivity contribution < 1.29 is 27.0 Å². The predicted octanol–water partition coefficient (Wildman–Crippen LogP) is 5.69. The van der Waals surface area contributed by atoms with Gasteiger partial charge in [0, 0.05) is 49.5 Å². The number of pyridine rings is 1. The maximum Gasteiger partial charge on any atom is 0.265 e. The fourth-order valence-corrected chi connectivity index (χ4v) is 6.09. The second-order valence-electron chi connectivity index (χ2n) is 10.5. The number of anilines is 1. The first-order valence-corrected chi connectivity index (χ1v) is 15.6. The van der Waals surface area contributed by atoms with Gasteiger partial charge >= 0.3 is 0 Å². The molecule has 12 heteroatoms. The van der Waals surface area contributed by atoms with Gasteiger partial charge in [0.05, 0.1) is 31.1 Å². The standard InChI is InChI=1S/C30H36FN5O5S/c1-4-36-20-23(18-33-36)42(37,38)34-22-8-9-28(25(31)15-22)41-27-10-11-32-26-17-30(29(39-3)16-24(26)27)40-14-6-13-35-12-5-7-21(2)19-35/h8-11,15-18,20-21,34H,4-7,12-14,19H2,1-3H3. The molecule has 0 aliphatic carbocycles. The van der Waals surface area contributed by atoms with E-state index in [1.54, 1.807) is 31.5 Å². The molecule has 5 rings (SSSR count). The van der Waals surface area contributed by atoms with Gasteiger partial charge in [-0.15, -0.1) is 0 Å². The molecule has 0 spiro atoms. The molecular weight excluding hydrogens is 561 g/mol. The number of hydrogen-bond donors (Lipinski definition) is 1. The second-order valence-corrected chi connectivity index (χ2v) is 12.1. The van der Waals surface area contributed by atoms with Gasteiger partial charge in [-0.05, 0) is 62.9 Å². The molecule has 1 unspecified atom stereocenters. The molecule has 0 bridgehead atoms. The Morgan fingerprint density at radius 3 is 2.71 bits per heavy atom. The van der Waals surface area contributed by atoms with Crippen molar-refractivity contribution in [2.75, 3.05) is 38.1 Å². The zero-order chi connectivity index (χ0) is 29.7. The lowest BCUT2D eigenvalue weighted by molar-refractivity contribution is 0.169. The molecule has 3 heterocycles. The average Bonchev–Trinajstić information content (AvgIpc) is 3.47. The smallest absolute Gasteiger partial charge is 0.265 e. The van der Waals surface area contributed by atoms with Gasteiger partial charge in [-0.1, -0.05) is 6.92 Å². The number of likely N-dealkylation sites (tertiary alicyclic amines) is 1. The maximum atomic E-state index is 15.1. The number of ether oxygens (including phenoxy) is 3. The molecular formula is C30H36FN5O5S. The number of rotatable bonds is 12. The van der Waals surface area contributed by atoms with Crippen LogP contribution in [-0.2, 0) is 16.6 Å². The zero-order valence-electron chi connectivity index (χ0n) is 24.0. The van der Waals surface area contributed by atoms with E-state index in [1.165, 1.54) is 42.0 Å². The van der Waals surface area contributed by atoms with Crippen molar-refractivity contribution in [3.63, 3.8) is 0 Å². The van der Waals surface area contributed by atoms with Gasteiger partial charge in [-0.25, -0.2) is 12.8 Å². The lowest BCUT2D eigenvalue weighted by Gasteiger charge is -2.30. The Balaban J connectivity index is 1.27. The third kappa shape index (κ3) is 6.93. The van der Waals surface area contributed by atoms with Gasteiger partial charge in [0.15, 0.2) is 23.1 Å². The number of hydrogen-bond acceptors (Lipinski definition) is 8. The fourth-order valence-electron chi connectivity index (χ4n) is 5.09. The highest BCUT2D eigenvalue weighted by atomic mass is 32.2. The van der Waals surface area contributed by atoms with Gasteiger partial charge in [-0.2, -0.15) is 5.10 Å². The van der Waals surface area contributed by atoms with Gasteiger partial charge in [0.2, 0.25) is 0 Å². The highest BCUT2D eigenvalue weighted by Gasteiger charge is 2.19. The normalized spacial score (nSPS) is 16.0. The number of sulfonamides is 1. The predicted molar refractivity (Wildman–Crippen MR) is 158 cm³/mol.